The highest BCUT2D eigenvalue weighted by atomic mass is 16.3. The summed E-state index contributed by atoms with van der Waals surface area (Å²) in [5, 5.41) is 12.6. The molecule has 4 N–H and O–H groups in total. The van der Waals surface area contributed by atoms with Gasteiger partial charge in [-0.05, 0) is 30.9 Å². The Labute approximate surface area is 117 Å². The van der Waals surface area contributed by atoms with Crippen LogP contribution < -0.4 is 16.2 Å². The van der Waals surface area contributed by atoms with Crippen molar-refractivity contribution in [3.8, 4) is 0 Å². The molecule has 1 aromatic heterocycles. The third-order valence-electron chi connectivity index (χ3n) is 4.12. The molecule has 1 amide bonds. The molecule has 1 saturated heterocycles. The Hall–Kier alpha value is -1.50. The van der Waals surface area contributed by atoms with Gasteiger partial charge in [0.2, 0.25) is 5.91 Å². The van der Waals surface area contributed by atoms with E-state index in [0.29, 0.717) is 13.1 Å². The molecule has 0 aromatic carbocycles. The molecule has 3 rings (SSSR count). The van der Waals surface area contributed by atoms with Crippen LogP contribution in [-0.2, 0) is 4.79 Å². The standard InChI is InChI=1S/C14H20N4O2/c19-11-5-9(6-11)13(12-3-1-2-4-15-12)18-14(20)10-7-16-17-8-10/h1-4,9-11,13,16-17,19H,5-8H2,(H,18,20). The van der Waals surface area contributed by atoms with Gasteiger partial charge in [0.25, 0.3) is 0 Å². The van der Waals surface area contributed by atoms with Crippen molar-refractivity contribution in [2.24, 2.45) is 11.8 Å². The number of amides is 1. The maximum absolute atomic E-state index is 12.3. The molecule has 6 heteroatoms. The van der Waals surface area contributed by atoms with Crippen LogP contribution in [0, 0.1) is 11.8 Å². The number of pyridine rings is 1. The molecule has 0 spiro atoms. The third-order valence-corrected chi connectivity index (χ3v) is 4.12. The number of aliphatic hydroxyl groups is 1. The summed E-state index contributed by atoms with van der Waals surface area (Å²) in [7, 11) is 0. The molecule has 6 nitrogen and oxygen atoms in total. The van der Waals surface area contributed by atoms with E-state index >= 15 is 0 Å². The Morgan fingerprint density at radius 2 is 2.10 bits per heavy atom. The first-order valence-corrected chi connectivity index (χ1v) is 7.09. The maximum Gasteiger partial charge on any atom is 0.226 e. The smallest absolute Gasteiger partial charge is 0.226 e. The van der Waals surface area contributed by atoms with Gasteiger partial charge in [0.15, 0.2) is 0 Å². The van der Waals surface area contributed by atoms with Gasteiger partial charge in [-0.1, -0.05) is 6.07 Å². The van der Waals surface area contributed by atoms with Crippen molar-refractivity contribution in [1.29, 1.82) is 0 Å². The van der Waals surface area contributed by atoms with Gasteiger partial charge >= 0.3 is 0 Å². The van der Waals surface area contributed by atoms with Gasteiger partial charge in [0, 0.05) is 19.3 Å². The van der Waals surface area contributed by atoms with Crippen LogP contribution in [0.1, 0.15) is 24.6 Å². The van der Waals surface area contributed by atoms with Gasteiger partial charge < -0.3 is 10.4 Å². The van der Waals surface area contributed by atoms with E-state index in [1.54, 1.807) is 6.20 Å². The highest BCUT2D eigenvalue weighted by Gasteiger charge is 2.37. The lowest BCUT2D eigenvalue weighted by Gasteiger charge is -2.38. The van der Waals surface area contributed by atoms with Crippen LogP contribution in [0.4, 0.5) is 0 Å². The highest BCUT2D eigenvalue weighted by Crippen LogP contribution is 2.37. The summed E-state index contributed by atoms with van der Waals surface area (Å²) in [6.07, 6.45) is 2.95. The summed E-state index contributed by atoms with van der Waals surface area (Å²) < 4.78 is 0. The second-order valence-electron chi connectivity index (χ2n) is 5.58. The number of carbonyl (C=O) groups is 1. The molecule has 108 valence electrons. The summed E-state index contributed by atoms with van der Waals surface area (Å²) in [4.78, 5) is 16.6. The zero-order valence-corrected chi connectivity index (χ0v) is 11.2. The topological polar surface area (TPSA) is 86.3 Å². The average Bonchev–Trinajstić information content (AvgIpc) is 2.97. The lowest BCUT2D eigenvalue weighted by atomic mass is 9.76. The third kappa shape index (κ3) is 2.82. The minimum Gasteiger partial charge on any atom is -0.393 e. The largest absolute Gasteiger partial charge is 0.393 e. The van der Waals surface area contributed by atoms with E-state index in [2.05, 4.69) is 21.2 Å². The van der Waals surface area contributed by atoms with Crippen molar-refractivity contribution in [1.82, 2.24) is 21.2 Å². The lowest BCUT2D eigenvalue weighted by Crippen LogP contribution is -2.44. The molecule has 1 aliphatic heterocycles. The molecule has 1 atom stereocenters. The number of hydrogen-bond acceptors (Lipinski definition) is 5. The van der Waals surface area contributed by atoms with Crippen LogP contribution >= 0.6 is 0 Å². The van der Waals surface area contributed by atoms with E-state index < -0.39 is 0 Å². The monoisotopic (exact) mass is 276 g/mol. The Morgan fingerprint density at radius 3 is 2.70 bits per heavy atom. The first-order valence-electron chi connectivity index (χ1n) is 7.09. The maximum atomic E-state index is 12.3. The van der Waals surface area contributed by atoms with Crippen LogP contribution in [0.15, 0.2) is 24.4 Å². The molecule has 0 bridgehead atoms. The Balaban J connectivity index is 1.70. The van der Waals surface area contributed by atoms with Crippen molar-refractivity contribution >= 4 is 5.91 Å². The molecule has 1 unspecified atom stereocenters. The predicted molar refractivity (Wildman–Crippen MR) is 73.3 cm³/mol. The van der Waals surface area contributed by atoms with Crippen molar-refractivity contribution in [3.63, 3.8) is 0 Å². The molecule has 1 saturated carbocycles. The molecule has 2 aliphatic rings. The van der Waals surface area contributed by atoms with Crippen molar-refractivity contribution in [2.75, 3.05) is 13.1 Å². The summed E-state index contributed by atoms with van der Waals surface area (Å²) in [5.74, 6) is 0.261. The second kappa shape index (κ2) is 5.87. The molecular weight excluding hydrogens is 256 g/mol. The van der Waals surface area contributed by atoms with Crippen molar-refractivity contribution in [2.45, 2.75) is 25.0 Å². The van der Waals surface area contributed by atoms with Gasteiger partial charge in [-0.2, -0.15) is 0 Å². The molecule has 20 heavy (non-hydrogen) atoms. The van der Waals surface area contributed by atoms with Crippen molar-refractivity contribution in [3.05, 3.63) is 30.1 Å². The van der Waals surface area contributed by atoms with Crippen LogP contribution in [0.5, 0.6) is 0 Å². The molecular formula is C14H20N4O2. The van der Waals surface area contributed by atoms with E-state index in [1.807, 2.05) is 18.2 Å². The Bertz CT molecular complexity index is 456. The molecule has 1 aliphatic carbocycles. The summed E-state index contributed by atoms with van der Waals surface area (Å²) in [6.45, 7) is 1.29. The summed E-state index contributed by atoms with van der Waals surface area (Å²) >= 11 is 0. The van der Waals surface area contributed by atoms with Crippen LogP contribution in [0.3, 0.4) is 0 Å². The van der Waals surface area contributed by atoms with E-state index in [1.165, 1.54) is 0 Å². The number of hydrogen-bond donors (Lipinski definition) is 4. The molecule has 1 aromatic rings. The van der Waals surface area contributed by atoms with Gasteiger partial charge in [0.05, 0.1) is 23.8 Å². The number of aliphatic hydroxyl groups excluding tert-OH is 1. The quantitative estimate of drug-likeness (QED) is 0.608. The zero-order valence-electron chi connectivity index (χ0n) is 11.2. The van der Waals surface area contributed by atoms with Crippen LogP contribution in [0.25, 0.3) is 0 Å². The average molecular weight is 276 g/mol. The van der Waals surface area contributed by atoms with Gasteiger partial charge in [-0.25, -0.2) is 0 Å². The van der Waals surface area contributed by atoms with Gasteiger partial charge in [-0.3, -0.25) is 20.6 Å². The van der Waals surface area contributed by atoms with Crippen LogP contribution in [-0.4, -0.2) is 35.2 Å². The van der Waals surface area contributed by atoms with Gasteiger partial charge in [-0.15, -0.1) is 0 Å². The summed E-state index contributed by atoms with van der Waals surface area (Å²) in [6, 6.07) is 5.62. The first-order chi connectivity index (χ1) is 9.74. The number of hydrazine groups is 1. The van der Waals surface area contributed by atoms with Crippen LogP contribution in [0.2, 0.25) is 0 Å². The number of nitrogens with zero attached hydrogens (tertiary/aromatic N) is 1. The first kappa shape index (κ1) is 13.5. The molecule has 2 fully saturated rings. The summed E-state index contributed by atoms with van der Waals surface area (Å²) in [5.41, 5.74) is 6.80. The second-order valence-corrected chi connectivity index (χ2v) is 5.58. The fourth-order valence-electron chi connectivity index (χ4n) is 2.81. The minimum atomic E-state index is -0.238. The fraction of sp³-hybridized carbons (Fsp3) is 0.571. The number of rotatable bonds is 4. The van der Waals surface area contributed by atoms with E-state index in [4.69, 9.17) is 0 Å². The van der Waals surface area contributed by atoms with E-state index in [-0.39, 0.29) is 29.9 Å². The van der Waals surface area contributed by atoms with E-state index in [9.17, 15) is 9.90 Å². The zero-order chi connectivity index (χ0) is 13.9. The minimum absolute atomic E-state index is 0.0412. The number of aromatic nitrogens is 1. The highest BCUT2D eigenvalue weighted by molar-refractivity contribution is 5.79. The fourth-order valence-corrected chi connectivity index (χ4v) is 2.81. The Kier molecular flexibility index (Phi) is 3.95. The van der Waals surface area contributed by atoms with E-state index in [0.717, 1.165) is 18.5 Å². The molecule has 0 radical (unpaired) electrons. The van der Waals surface area contributed by atoms with Gasteiger partial charge in [0.1, 0.15) is 0 Å². The lowest BCUT2D eigenvalue weighted by molar-refractivity contribution is -0.126. The predicted octanol–water partition coefficient (Wildman–Crippen LogP) is -0.266. The SMILES string of the molecule is O=C(NC(c1ccccn1)C1CC(O)C1)C1CNNC1. The molecule has 2 heterocycles. The van der Waals surface area contributed by atoms with Crippen molar-refractivity contribution < 1.29 is 9.90 Å². The number of carbonyl (C=O) groups excluding carboxylic acids is 1. The normalized spacial score (nSPS) is 27.9. The Morgan fingerprint density at radius 1 is 1.35 bits per heavy atom. The number of nitrogens with one attached hydrogen (secondary N) is 3.